The Kier molecular flexibility index (Phi) is 4.93. The summed E-state index contributed by atoms with van der Waals surface area (Å²) in [7, 11) is 0. The molecule has 0 bridgehead atoms. The highest BCUT2D eigenvalue weighted by molar-refractivity contribution is 6.12. The molecular formula is C27H24FNO4. The van der Waals surface area contributed by atoms with Gasteiger partial charge in [-0.1, -0.05) is 30.3 Å². The summed E-state index contributed by atoms with van der Waals surface area (Å²) < 4.78 is 32.3. The molecule has 168 valence electrons. The number of nitrogens with zero attached hydrogens (tertiary/aromatic N) is 1. The quantitative estimate of drug-likeness (QED) is 0.559. The second kappa shape index (κ2) is 8.10. The second-order valence-corrected chi connectivity index (χ2v) is 8.86. The van der Waals surface area contributed by atoms with Gasteiger partial charge in [-0.25, -0.2) is 4.39 Å². The highest BCUT2D eigenvalue weighted by atomic mass is 19.1. The Morgan fingerprint density at radius 2 is 1.64 bits per heavy atom. The van der Waals surface area contributed by atoms with Crippen molar-refractivity contribution in [3.63, 3.8) is 0 Å². The molecule has 3 aromatic carbocycles. The van der Waals surface area contributed by atoms with Crippen LogP contribution in [0, 0.1) is 11.7 Å². The molecule has 0 unspecified atom stereocenters. The lowest BCUT2D eigenvalue weighted by atomic mass is 9.89. The fourth-order valence-corrected chi connectivity index (χ4v) is 5.05. The first kappa shape index (κ1) is 20.1. The van der Waals surface area contributed by atoms with Crippen LogP contribution in [0.25, 0.3) is 0 Å². The summed E-state index contributed by atoms with van der Waals surface area (Å²) in [6, 6.07) is 17.3. The van der Waals surface area contributed by atoms with Crippen LogP contribution in [0.15, 0.2) is 54.6 Å². The Hall–Kier alpha value is -3.54. The van der Waals surface area contributed by atoms with Crippen molar-refractivity contribution in [1.82, 2.24) is 0 Å². The molecule has 1 fully saturated rings. The fraction of sp³-hybridized carbons (Fsp3) is 0.296. The second-order valence-electron chi connectivity index (χ2n) is 8.86. The maximum absolute atomic E-state index is 15.7. The Balaban J connectivity index is 1.22. The molecule has 5 nitrogen and oxygen atoms in total. The predicted octanol–water partition coefficient (Wildman–Crippen LogP) is 5.14. The van der Waals surface area contributed by atoms with Crippen LogP contribution >= 0.6 is 0 Å². The van der Waals surface area contributed by atoms with E-state index in [1.807, 2.05) is 6.07 Å². The number of rotatable bonds is 3. The van der Waals surface area contributed by atoms with Crippen molar-refractivity contribution in [2.24, 2.45) is 5.92 Å². The van der Waals surface area contributed by atoms with Gasteiger partial charge in [-0.15, -0.1) is 0 Å². The van der Waals surface area contributed by atoms with E-state index >= 15 is 4.39 Å². The smallest absolute Gasteiger partial charge is 0.231 e. The van der Waals surface area contributed by atoms with E-state index in [1.165, 1.54) is 5.56 Å². The van der Waals surface area contributed by atoms with Crippen molar-refractivity contribution in [1.29, 1.82) is 0 Å². The zero-order valence-corrected chi connectivity index (χ0v) is 18.2. The highest BCUT2D eigenvalue weighted by Crippen LogP contribution is 2.41. The molecule has 6 rings (SSSR count). The first-order valence-electron chi connectivity index (χ1n) is 11.4. The predicted molar refractivity (Wildman–Crippen MR) is 122 cm³/mol. The number of benzene rings is 3. The van der Waals surface area contributed by atoms with E-state index in [9.17, 15) is 4.79 Å². The van der Waals surface area contributed by atoms with Gasteiger partial charge in [-0.3, -0.25) is 4.79 Å². The number of hydrogen-bond donors (Lipinski definition) is 0. The minimum Gasteiger partial charge on any atom is -0.488 e. The molecule has 3 aromatic rings. The number of halogens is 1. The molecule has 0 aliphatic carbocycles. The molecule has 0 saturated carbocycles. The molecule has 3 heterocycles. The number of carbonyl (C=O) groups is 1. The van der Waals surface area contributed by atoms with Gasteiger partial charge in [0.2, 0.25) is 6.79 Å². The normalized spacial score (nSPS) is 17.2. The van der Waals surface area contributed by atoms with E-state index < -0.39 is 0 Å². The van der Waals surface area contributed by atoms with E-state index in [0.29, 0.717) is 45.5 Å². The first-order chi connectivity index (χ1) is 16.2. The number of ketones is 1. The van der Waals surface area contributed by atoms with Crippen LogP contribution in [0.5, 0.6) is 17.2 Å². The lowest BCUT2D eigenvalue weighted by Gasteiger charge is -2.34. The number of anilines is 1. The van der Waals surface area contributed by atoms with Crippen molar-refractivity contribution >= 4 is 11.5 Å². The maximum Gasteiger partial charge on any atom is 0.231 e. The van der Waals surface area contributed by atoms with Crippen LogP contribution < -0.4 is 19.1 Å². The standard InChI is InChI=1S/C27H24FNO4/c28-26-21-15-31-23-14-25-24(32-16-33-25)13-20(23)27(30)19(21)6-7-22(26)29-10-8-18(9-11-29)12-17-4-2-1-3-5-17/h1-7,13-14,18H,8-12,15-16H2. The Labute approximate surface area is 191 Å². The van der Waals surface area contributed by atoms with Gasteiger partial charge in [0, 0.05) is 30.3 Å². The first-order valence-corrected chi connectivity index (χ1v) is 11.4. The summed E-state index contributed by atoms with van der Waals surface area (Å²) in [5.74, 6) is 1.40. The zero-order valence-electron chi connectivity index (χ0n) is 18.2. The molecule has 0 radical (unpaired) electrons. The Morgan fingerprint density at radius 3 is 2.42 bits per heavy atom. The van der Waals surface area contributed by atoms with E-state index in [0.717, 1.165) is 32.4 Å². The maximum atomic E-state index is 15.7. The van der Waals surface area contributed by atoms with Gasteiger partial charge in [0.05, 0.1) is 11.3 Å². The summed E-state index contributed by atoms with van der Waals surface area (Å²) >= 11 is 0. The van der Waals surface area contributed by atoms with Crippen molar-refractivity contribution in [2.75, 3.05) is 24.8 Å². The number of carbonyl (C=O) groups excluding carboxylic acids is 1. The van der Waals surface area contributed by atoms with Gasteiger partial charge in [0.15, 0.2) is 23.1 Å². The molecule has 0 atom stereocenters. The molecule has 0 amide bonds. The summed E-state index contributed by atoms with van der Waals surface area (Å²) in [5, 5.41) is 0. The van der Waals surface area contributed by atoms with Crippen LogP contribution in [0.1, 0.15) is 39.9 Å². The highest BCUT2D eigenvalue weighted by Gasteiger charge is 2.30. The molecule has 1 saturated heterocycles. The third kappa shape index (κ3) is 3.59. The van der Waals surface area contributed by atoms with Crippen LogP contribution in [0.3, 0.4) is 0 Å². The molecule has 6 heteroatoms. The Bertz CT molecular complexity index is 1220. The van der Waals surface area contributed by atoms with Crippen molar-refractivity contribution in [3.05, 3.63) is 82.7 Å². The Morgan fingerprint density at radius 1 is 0.879 bits per heavy atom. The molecule has 0 aromatic heterocycles. The molecule has 33 heavy (non-hydrogen) atoms. The minimum atomic E-state index is -0.366. The van der Waals surface area contributed by atoms with E-state index in [4.69, 9.17) is 14.2 Å². The molecule has 3 aliphatic rings. The molecule has 3 aliphatic heterocycles. The van der Waals surface area contributed by atoms with Crippen LogP contribution in [0.4, 0.5) is 10.1 Å². The van der Waals surface area contributed by atoms with Crippen LogP contribution in [-0.4, -0.2) is 25.7 Å². The zero-order chi connectivity index (χ0) is 22.4. The number of piperidine rings is 1. The van der Waals surface area contributed by atoms with Gasteiger partial charge in [-0.05, 0) is 48.9 Å². The van der Waals surface area contributed by atoms with Crippen LogP contribution in [0.2, 0.25) is 0 Å². The number of hydrogen-bond acceptors (Lipinski definition) is 5. The van der Waals surface area contributed by atoms with Gasteiger partial charge >= 0.3 is 0 Å². The summed E-state index contributed by atoms with van der Waals surface area (Å²) in [4.78, 5) is 15.3. The topological polar surface area (TPSA) is 48.0 Å². The summed E-state index contributed by atoms with van der Waals surface area (Å²) in [6.45, 7) is 1.70. The molecular weight excluding hydrogens is 421 g/mol. The lowest BCUT2D eigenvalue weighted by Crippen LogP contribution is -2.35. The largest absolute Gasteiger partial charge is 0.488 e. The van der Waals surface area contributed by atoms with Crippen molar-refractivity contribution < 1.29 is 23.4 Å². The summed E-state index contributed by atoms with van der Waals surface area (Å²) in [6.07, 6.45) is 3.08. The molecule has 0 N–H and O–H groups in total. The van der Waals surface area contributed by atoms with Gasteiger partial charge in [-0.2, -0.15) is 0 Å². The average Bonchev–Trinajstić information content (AvgIpc) is 3.25. The van der Waals surface area contributed by atoms with Gasteiger partial charge in [0.1, 0.15) is 12.4 Å². The molecule has 0 spiro atoms. The number of ether oxygens (including phenoxy) is 3. The third-order valence-corrected chi connectivity index (χ3v) is 6.88. The van der Waals surface area contributed by atoms with E-state index in [1.54, 1.807) is 24.3 Å². The van der Waals surface area contributed by atoms with Crippen molar-refractivity contribution in [2.45, 2.75) is 25.9 Å². The van der Waals surface area contributed by atoms with E-state index in [-0.39, 0.29) is 25.0 Å². The summed E-state index contributed by atoms with van der Waals surface area (Å²) in [5.41, 5.74) is 2.91. The lowest BCUT2D eigenvalue weighted by molar-refractivity contribution is 0.103. The monoisotopic (exact) mass is 445 g/mol. The van der Waals surface area contributed by atoms with Gasteiger partial charge in [0.25, 0.3) is 0 Å². The third-order valence-electron chi connectivity index (χ3n) is 6.88. The van der Waals surface area contributed by atoms with Crippen LogP contribution in [-0.2, 0) is 13.0 Å². The SMILES string of the molecule is O=C1c2cc3c(cc2OCc2c1ccc(N1CCC(Cc4ccccc4)CC1)c2F)OCO3. The average molecular weight is 445 g/mol. The van der Waals surface area contributed by atoms with E-state index in [2.05, 4.69) is 29.2 Å². The fourth-order valence-electron chi connectivity index (χ4n) is 5.05. The number of fused-ring (bicyclic) bond motifs is 3. The minimum absolute atomic E-state index is 0.00212. The van der Waals surface area contributed by atoms with Crippen molar-refractivity contribution in [3.8, 4) is 17.2 Å². The van der Waals surface area contributed by atoms with Gasteiger partial charge < -0.3 is 19.1 Å².